The van der Waals surface area contributed by atoms with Crippen molar-refractivity contribution in [1.29, 1.82) is 0 Å². The van der Waals surface area contributed by atoms with Crippen LogP contribution in [0.4, 0.5) is 13.2 Å². The number of rotatable bonds is 8. The summed E-state index contributed by atoms with van der Waals surface area (Å²) in [6.45, 7) is 0.479. The van der Waals surface area contributed by atoms with Gasteiger partial charge >= 0.3 is 12.1 Å². The Balaban J connectivity index is 1.69. The van der Waals surface area contributed by atoms with E-state index >= 15 is 0 Å². The number of ether oxygens (including phenoxy) is 1. The van der Waals surface area contributed by atoms with Crippen molar-refractivity contribution >= 4 is 16.9 Å². The van der Waals surface area contributed by atoms with E-state index in [4.69, 9.17) is 4.74 Å². The zero-order chi connectivity index (χ0) is 24.3. The van der Waals surface area contributed by atoms with Gasteiger partial charge in [-0.1, -0.05) is 48.5 Å². The number of fused-ring (bicyclic) bond motifs is 1. The van der Waals surface area contributed by atoms with Gasteiger partial charge in [-0.05, 0) is 29.3 Å². The number of hydrogen-bond acceptors (Lipinski definition) is 3. The molecule has 4 aromatic rings. The first-order chi connectivity index (χ1) is 16.3. The standard InChI is InChI=1S/C26H23F3N2O3/c1-34-20-10-11-21-22(16-31(23(21)13-20)15-17-6-3-2-4-7-17)24(25(32)33)30-14-18-8-5-9-19(12-18)26(27,28)29/h2-13,16,24,30H,14-15H2,1H3,(H,32,33). The van der Waals surface area contributed by atoms with E-state index in [1.807, 2.05) is 41.0 Å². The van der Waals surface area contributed by atoms with Crippen LogP contribution in [0.1, 0.15) is 28.3 Å². The summed E-state index contributed by atoms with van der Waals surface area (Å²) in [5.74, 6) is -0.489. The van der Waals surface area contributed by atoms with Crippen LogP contribution in [0, 0.1) is 0 Å². The zero-order valence-electron chi connectivity index (χ0n) is 18.3. The van der Waals surface area contributed by atoms with E-state index < -0.39 is 23.8 Å². The van der Waals surface area contributed by atoms with Crippen molar-refractivity contribution in [2.45, 2.75) is 25.3 Å². The van der Waals surface area contributed by atoms with Crippen molar-refractivity contribution in [3.05, 3.63) is 101 Å². The Hall–Kier alpha value is -3.78. The lowest BCUT2D eigenvalue weighted by atomic mass is 10.0. The van der Waals surface area contributed by atoms with Gasteiger partial charge in [0, 0.05) is 36.3 Å². The van der Waals surface area contributed by atoms with Crippen LogP contribution in [0.3, 0.4) is 0 Å². The van der Waals surface area contributed by atoms with Gasteiger partial charge in [-0.2, -0.15) is 13.2 Å². The summed E-state index contributed by atoms with van der Waals surface area (Å²) >= 11 is 0. The van der Waals surface area contributed by atoms with Crippen LogP contribution in [-0.2, 0) is 24.1 Å². The maximum atomic E-state index is 13.1. The van der Waals surface area contributed by atoms with Gasteiger partial charge in [-0.25, -0.2) is 0 Å². The van der Waals surface area contributed by atoms with Gasteiger partial charge in [0.25, 0.3) is 0 Å². The summed E-state index contributed by atoms with van der Waals surface area (Å²) in [6.07, 6.45) is -2.69. The summed E-state index contributed by atoms with van der Waals surface area (Å²) in [5.41, 5.74) is 1.93. The predicted octanol–water partition coefficient (Wildman–Crippen LogP) is 5.63. The van der Waals surface area contributed by atoms with Crippen molar-refractivity contribution in [2.75, 3.05) is 7.11 Å². The minimum atomic E-state index is -4.47. The molecule has 0 aliphatic heterocycles. The van der Waals surface area contributed by atoms with Crippen molar-refractivity contribution in [2.24, 2.45) is 0 Å². The smallest absolute Gasteiger partial charge is 0.416 e. The molecule has 0 spiro atoms. The Labute approximate surface area is 194 Å². The molecule has 1 unspecified atom stereocenters. The van der Waals surface area contributed by atoms with Gasteiger partial charge in [0.2, 0.25) is 0 Å². The first kappa shape index (κ1) is 23.4. The first-order valence-electron chi connectivity index (χ1n) is 10.6. The normalized spacial score (nSPS) is 12.6. The maximum absolute atomic E-state index is 13.1. The average molecular weight is 468 g/mol. The summed E-state index contributed by atoms with van der Waals surface area (Å²) in [5, 5.41) is 13.6. The quantitative estimate of drug-likeness (QED) is 0.352. The average Bonchev–Trinajstić information content (AvgIpc) is 3.16. The van der Waals surface area contributed by atoms with E-state index in [0.717, 1.165) is 28.6 Å². The monoisotopic (exact) mass is 468 g/mol. The maximum Gasteiger partial charge on any atom is 0.416 e. The number of nitrogens with zero attached hydrogens (tertiary/aromatic N) is 1. The van der Waals surface area contributed by atoms with Crippen LogP contribution >= 0.6 is 0 Å². The third-order valence-corrected chi connectivity index (χ3v) is 5.64. The van der Waals surface area contributed by atoms with Gasteiger partial charge in [0.15, 0.2) is 0 Å². The molecule has 0 fully saturated rings. The molecule has 1 heterocycles. The van der Waals surface area contributed by atoms with Crippen molar-refractivity contribution in [3.8, 4) is 5.75 Å². The summed E-state index contributed by atoms with van der Waals surface area (Å²) in [7, 11) is 1.56. The summed E-state index contributed by atoms with van der Waals surface area (Å²) < 4.78 is 46.5. The Morgan fingerprint density at radius 1 is 1.03 bits per heavy atom. The summed E-state index contributed by atoms with van der Waals surface area (Å²) in [4.78, 5) is 12.2. The third kappa shape index (κ3) is 5.07. The molecule has 1 aromatic heterocycles. The second-order valence-electron chi connectivity index (χ2n) is 7.93. The van der Waals surface area contributed by atoms with Crippen molar-refractivity contribution < 1.29 is 27.8 Å². The Morgan fingerprint density at radius 2 is 1.76 bits per heavy atom. The van der Waals surface area contributed by atoms with Crippen LogP contribution in [0.2, 0.25) is 0 Å². The molecule has 3 aromatic carbocycles. The lowest BCUT2D eigenvalue weighted by molar-refractivity contribution is -0.140. The van der Waals surface area contributed by atoms with Crippen LogP contribution in [0.25, 0.3) is 10.9 Å². The number of hydrogen-bond donors (Lipinski definition) is 2. The molecule has 0 saturated heterocycles. The number of nitrogens with one attached hydrogen (secondary N) is 1. The van der Waals surface area contributed by atoms with E-state index in [1.54, 1.807) is 25.4 Å². The first-order valence-corrected chi connectivity index (χ1v) is 10.6. The zero-order valence-corrected chi connectivity index (χ0v) is 18.3. The molecular weight excluding hydrogens is 445 g/mol. The van der Waals surface area contributed by atoms with E-state index in [2.05, 4.69) is 5.32 Å². The molecule has 0 amide bonds. The molecule has 2 N–H and O–H groups in total. The lowest BCUT2D eigenvalue weighted by Crippen LogP contribution is -2.28. The van der Waals surface area contributed by atoms with Crippen LogP contribution in [0.15, 0.2) is 79.0 Å². The molecule has 4 rings (SSSR count). The van der Waals surface area contributed by atoms with Crippen LogP contribution in [0.5, 0.6) is 5.75 Å². The number of carbonyl (C=O) groups is 1. The van der Waals surface area contributed by atoms with Crippen molar-refractivity contribution in [3.63, 3.8) is 0 Å². The fourth-order valence-electron chi connectivity index (χ4n) is 3.98. The highest BCUT2D eigenvalue weighted by Gasteiger charge is 2.30. The molecule has 0 saturated carbocycles. The van der Waals surface area contributed by atoms with Crippen molar-refractivity contribution in [1.82, 2.24) is 9.88 Å². The highest BCUT2D eigenvalue weighted by Crippen LogP contribution is 2.32. The fourth-order valence-corrected chi connectivity index (χ4v) is 3.98. The second kappa shape index (κ2) is 9.61. The number of halogens is 3. The molecule has 0 aliphatic rings. The molecule has 5 nitrogen and oxygen atoms in total. The van der Waals surface area contributed by atoms with Crippen LogP contribution in [-0.4, -0.2) is 22.8 Å². The molecule has 0 radical (unpaired) electrons. The minimum absolute atomic E-state index is 0.0393. The number of aliphatic carboxylic acids is 1. The second-order valence-corrected chi connectivity index (χ2v) is 7.93. The van der Waals surface area contributed by atoms with E-state index in [0.29, 0.717) is 23.4 Å². The third-order valence-electron chi connectivity index (χ3n) is 5.64. The molecule has 0 bridgehead atoms. The number of alkyl halides is 3. The van der Waals surface area contributed by atoms with Gasteiger partial charge in [0.1, 0.15) is 11.8 Å². The highest BCUT2D eigenvalue weighted by atomic mass is 19.4. The number of carboxylic acid groups (broad SMARTS) is 1. The van der Waals surface area contributed by atoms with E-state index in [9.17, 15) is 23.1 Å². The number of aromatic nitrogens is 1. The van der Waals surface area contributed by atoms with Gasteiger partial charge < -0.3 is 14.4 Å². The topological polar surface area (TPSA) is 63.5 Å². The number of carboxylic acids is 1. The summed E-state index contributed by atoms with van der Waals surface area (Å²) in [6, 6.07) is 18.9. The Morgan fingerprint density at radius 3 is 2.44 bits per heavy atom. The lowest BCUT2D eigenvalue weighted by Gasteiger charge is -2.15. The molecular formula is C26H23F3N2O3. The number of methoxy groups -OCH3 is 1. The molecule has 1 atom stereocenters. The molecule has 8 heteroatoms. The Bertz CT molecular complexity index is 1300. The largest absolute Gasteiger partial charge is 0.497 e. The molecule has 0 aliphatic carbocycles. The number of benzene rings is 3. The fraction of sp³-hybridized carbons (Fsp3) is 0.192. The highest BCUT2D eigenvalue weighted by molar-refractivity contribution is 5.90. The van der Waals surface area contributed by atoms with E-state index in [1.165, 1.54) is 12.1 Å². The van der Waals surface area contributed by atoms with Gasteiger partial charge in [0.05, 0.1) is 18.2 Å². The molecule has 176 valence electrons. The van der Waals surface area contributed by atoms with E-state index in [-0.39, 0.29) is 6.54 Å². The Kier molecular flexibility index (Phi) is 6.61. The van der Waals surface area contributed by atoms with Gasteiger partial charge in [-0.3, -0.25) is 10.1 Å². The predicted molar refractivity (Wildman–Crippen MR) is 123 cm³/mol. The molecule has 34 heavy (non-hydrogen) atoms. The van der Waals surface area contributed by atoms with Gasteiger partial charge in [-0.15, -0.1) is 0 Å². The minimum Gasteiger partial charge on any atom is -0.497 e. The van der Waals surface area contributed by atoms with Crippen LogP contribution < -0.4 is 10.1 Å². The SMILES string of the molecule is COc1ccc2c(C(NCc3cccc(C(F)(F)F)c3)C(=O)O)cn(Cc3ccccc3)c2c1.